The van der Waals surface area contributed by atoms with Gasteiger partial charge >= 0.3 is 12.1 Å². The van der Waals surface area contributed by atoms with Crippen LogP contribution in [-0.4, -0.2) is 103 Å². The van der Waals surface area contributed by atoms with Gasteiger partial charge in [0.15, 0.2) is 0 Å². The van der Waals surface area contributed by atoms with E-state index in [0.717, 1.165) is 31.5 Å². The Hall–Kier alpha value is -2.07. The van der Waals surface area contributed by atoms with Crippen molar-refractivity contribution in [3.8, 4) is 0 Å². The number of benzene rings is 1. The van der Waals surface area contributed by atoms with Crippen LogP contribution in [0.5, 0.6) is 0 Å². The van der Waals surface area contributed by atoms with Gasteiger partial charge in [0.1, 0.15) is 6.61 Å². The molecule has 33 heavy (non-hydrogen) atoms. The van der Waals surface area contributed by atoms with Gasteiger partial charge < -0.3 is 24.4 Å². The predicted molar refractivity (Wildman–Crippen MR) is 123 cm³/mol. The molecule has 9 nitrogen and oxygen atoms in total. The summed E-state index contributed by atoms with van der Waals surface area (Å²) in [4.78, 5) is 42.3. The maximum Gasteiger partial charge on any atom is 0.409 e. The Labute approximate surface area is 203 Å². The highest BCUT2D eigenvalue weighted by Gasteiger charge is 2.40. The molecule has 0 spiro atoms. The molecule has 3 rings (SSSR count). The highest BCUT2D eigenvalue weighted by molar-refractivity contribution is 6.42. The zero-order valence-corrected chi connectivity index (χ0v) is 20.1. The molecule has 182 valence electrons. The number of methoxy groups -OCH3 is 1. The molecule has 2 fully saturated rings. The van der Waals surface area contributed by atoms with Gasteiger partial charge in [-0.3, -0.25) is 9.69 Å². The molecule has 1 aromatic carbocycles. The molecule has 2 aliphatic rings. The first kappa shape index (κ1) is 25.6. The average Bonchev–Trinajstić information content (AvgIpc) is 3.29. The van der Waals surface area contributed by atoms with E-state index in [-0.39, 0.29) is 38.1 Å². The van der Waals surface area contributed by atoms with Gasteiger partial charge in [-0.1, -0.05) is 29.3 Å². The summed E-state index contributed by atoms with van der Waals surface area (Å²) in [5.41, 5.74) is 0.739. The lowest BCUT2D eigenvalue weighted by Gasteiger charge is -2.46. The van der Waals surface area contributed by atoms with E-state index in [0.29, 0.717) is 16.6 Å². The molecule has 2 unspecified atom stereocenters. The fourth-order valence-electron chi connectivity index (χ4n) is 4.37. The first-order valence-corrected chi connectivity index (χ1v) is 11.6. The molecule has 2 aliphatic heterocycles. The first-order chi connectivity index (χ1) is 15.8. The molecule has 1 N–H and O–H groups in total. The highest BCUT2D eigenvalue weighted by Crippen LogP contribution is 2.25. The number of carboxylic acid groups (broad SMARTS) is 1. The molecule has 0 aliphatic carbocycles. The Bertz CT molecular complexity index is 865. The van der Waals surface area contributed by atoms with Gasteiger partial charge in [-0.15, -0.1) is 0 Å². The number of ether oxygens (including phenoxy) is 2. The summed E-state index contributed by atoms with van der Waals surface area (Å²) in [7, 11) is 1.30. The van der Waals surface area contributed by atoms with E-state index in [1.807, 2.05) is 0 Å². The van der Waals surface area contributed by atoms with Crippen LogP contribution in [-0.2, 0) is 25.5 Å². The fraction of sp³-hybridized carbons (Fsp3) is 0.591. The molecule has 1 aromatic rings. The third-order valence-electron chi connectivity index (χ3n) is 5.97. The summed E-state index contributed by atoms with van der Waals surface area (Å²) in [6, 6.07) is 4.35. The maximum atomic E-state index is 13.4. The van der Waals surface area contributed by atoms with Crippen LogP contribution in [0.25, 0.3) is 0 Å². The minimum absolute atomic E-state index is 0.0195. The standard InChI is InChI=1S/C22H29Cl2N3O6/c1-32-22(31)27-11-16(10-25-6-2-3-7-25)26(12-17(27)13-33-14-21(29)30)20(28)9-15-4-5-18(23)19(24)8-15/h4-5,8,16-17H,2-3,6-7,9-14H2,1H3,(H,29,30). The number of hydrogen-bond donors (Lipinski definition) is 1. The minimum Gasteiger partial charge on any atom is -0.480 e. The number of piperazine rings is 1. The number of nitrogens with zero attached hydrogens (tertiary/aromatic N) is 3. The fourth-order valence-corrected chi connectivity index (χ4v) is 4.69. The van der Waals surface area contributed by atoms with E-state index < -0.39 is 24.7 Å². The summed E-state index contributed by atoms with van der Waals surface area (Å²) in [5.74, 6) is -1.21. The van der Waals surface area contributed by atoms with Gasteiger partial charge in [0.25, 0.3) is 0 Å². The second kappa shape index (κ2) is 11.9. The van der Waals surface area contributed by atoms with Crippen LogP contribution in [0, 0.1) is 0 Å². The summed E-state index contributed by atoms with van der Waals surface area (Å²) < 4.78 is 10.2. The van der Waals surface area contributed by atoms with Gasteiger partial charge in [-0.2, -0.15) is 0 Å². The number of halogens is 2. The Morgan fingerprint density at radius 3 is 2.39 bits per heavy atom. The van der Waals surface area contributed by atoms with E-state index >= 15 is 0 Å². The molecular weight excluding hydrogens is 473 g/mol. The lowest BCUT2D eigenvalue weighted by atomic mass is 10.0. The van der Waals surface area contributed by atoms with E-state index in [1.54, 1.807) is 23.1 Å². The van der Waals surface area contributed by atoms with E-state index in [9.17, 15) is 14.4 Å². The van der Waals surface area contributed by atoms with Crippen LogP contribution in [0.3, 0.4) is 0 Å². The molecule has 11 heteroatoms. The van der Waals surface area contributed by atoms with Crippen LogP contribution in [0.15, 0.2) is 18.2 Å². The first-order valence-electron chi connectivity index (χ1n) is 10.9. The zero-order valence-electron chi connectivity index (χ0n) is 18.5. The van der Waals surface area contributed by atoms with Crippen molar-refractivity contribution in [2.45, 2.75) is 31.3 Å². The Kier molecular flexibility index (Phi) is 9.19. The number of amides is 2. The molecule has 0 saturated carbocycles. The second-order valence-electron chi connectivity index (χ2n) is 8.32. The monoisotopic (exact) mass is 501 g/mol. The largest absolute Gasteiger partial charge is 0.480 e. The lowest BCUT2D eigenvalue weighted by molar-refractivity contribution is -0.145. The Morgan fingerprint density at radius 2 is 1.76 bits per heavy atom. The minimum atomic E-state index is -1.10. The van der Waals surface area contributed by atoms with Crippen molar-refractivity contribution in [2.75, 3.05) is 53.0 Å². The molecule has 0 aromatic heterocycles. The lowest BCUT2D eigenvalue weighted by Crippen LogP contribution is -2.64. The summed E-state index contributed by atoms with van der Waals surface area (Å²) in [5, 5.41) is 9.69. The van der Waals surface area contributed by atoms with Crippen LogP contribution in [0.4, 0.5) is 4.79 Å². The quantitative estimate of drug-likeness (QED) is 0.583. The van der Waals surface area contributed by atoms with Crippen molar-refractivity contribution >= 4 is 41.2 Å². The Morgan fingerprint density at radius 1 is 1.06 bits per heavy atom. The van der Waals surface area contributed by atoms with Gasteiger partial charge in [0.2, 0.25) is 5.91 Å². The van der Waals surface area contributed by atoms with Crippen molar-refractivity contribution in [3.05, 3.63) is 33.8 Å². The van der Waals surface area contributed by atoms with E-state index in [1.165, 1.54) is 12.0 Å². The number of hydrogen-bond acceptors (Lipinski definition) is 6. The number of likely N-dealkylation sites (tertiary alicyclic amines) is 1. The van der Waals surface area contributed by atoms with Gasteiger partial charge in [0.05, 0.1) is 42.3 Å². The SMILES string of the molecule is COC(=O)N1CC(CN2CCCC2)N(C(=O)Cc2ccc(Cl)c(Cl)c2)CC1COCC(=O)O. The number of aliphatic carboxylic acids is 1. The van der Waals surface area contributed by atoms with Crippen molar-refractivity contribution in [3.63, 3.8) is 0 Å². The van der Waals surface area contributed by atoms with E-state index in [4.69, 9.17) is 37.8 Å². The highest BCUT2D eigenvalue weighted by atomic mass is 35.5. The molecule has 2 saturated heterocycles. The summed E-state index contributed by atoms with van der Waals surface area (Å²) >= 11 is 12.1. The number of carboxylic acids is 1. The van der Waals surface area contributed by atoms with Crippen LogP contribution in [0.1, 0.15) is 18.4 Å². The number of carbonyl (C=O) groups excluding carboxylic acids is 2. The molecule has 2 atom stereocenters. The van der Waals surface area contributed by atoms with Crippen molar-refractivity contribution in [1.82, 2.24) is 14.7 Å². The molecule has 0 bridgehead atoms. The predicted octanol–water partition coefficient (Wildman–Crippen LogP) is 2.38. The van der Waals surface area contributed by atoms with Crippen molar-refractivity contribution < 1.29 is 29.0 Å². The molecular formula is C22H29Cl2N3O6. The summed E-state index contributed by atoms with van der Waals surface area (Å²) in [6.45, 7) is 2.53. The third-order valence-corrected chi connectivity index (χ3v) is 6.71. The zero-order chi connectivity index (χ0) is 24.0. The number of carbonyl (C=O) groups is 3. The van der Waals surface area contributed by atoms with Crippen LogP contribution >= 0.6 is 23.2 Å². The normalized spacial score (nSPS) is 21.3. The molecule has 0 radical (unpaired) electrons. The van der Waals surface area contributed by atoms with Gasteiger partial charge in [-0.05, 0) is 43.6 Å². The smallest absolute Gasteiger partial charge is 0.409 e. The van der Waals surface area contributed by atoms with Gasteiger partial charge in [0, 0.05) is 19.6 Å². The van der Waals surface area contributed by atoms with Gasteiger partial charge in [-0.25, -0.2) is 9.59 Å². The third kappa shape index (κ3) is 6.96. The summed E-state index contributed by atoms with van der Waals surface area (Å²) in [6.07, 6.45) is 1.82. The average molecular weight is 502 g/mol. The molecule has 2 heterocycles. The Balaban J connectivity index is 1.79. The number of rotatable bonds is 8. The van der Waals surface area contributed by atoms with E-state index in [2.05, 4.69) is 4.90 Å². The second-order valence-corrected chi connectivity index (χ2v) is 9.13. The van der Waals surface area contributed by atoms with Crippen molar-refractivity contribution in [2.24, 2.45) is 0 Å². The maximum absolute atomic E-state index is 13.4. The topological polar surface area (TPSA) is 99.6 Å². The van der Waals surface area contributed by atoms with Crippen molar-refractivity contribution in [1.29, 1.82) is 0 Å². The molecule has 2 amide bonds. The van der Waals surface area contributed by atoms with Crippen LogP contribution < -0.4 is 0 Å². The van der Waals surface area contributed by atoms with Crippen LogP contribution in [0.2, 0.25) is 10.0 Å².